The molecule has 42 heavy (non-hydrogen) atoms. The van der Waals surface area contributed by atoms with E-state index in [0.717, 1.165) is 25.7 Å². The summed E-state index contributed by atoms with van der Waals surface area (Å²) in [6, 6.07) is 0. The van der Waals surface area contributed by atoms with Crippen LogP contribution >= 0.6 is 0 Å². The molecule has 0 spiro atoms. The predicted octanol–water partition coefficient (Wildman–Crippen LogP) is 13.1. The van der Waals surface area contributed by atoms with E-state index >= 15 is 0 Å². The van der Waals surface area contributed by atoms with Crippen molar-refractivity contribution in [3.63, 3.8) is 0 Å². The van der Waals surface area contributed by atoms with Crippen molar-refractivity contribution in [2.45, 2.75) is 194 Å². The molecule has 0 unspecified atom stereocenters. The zero-order valence-electron chi connectivity index (χ0n) is 28.2. The Morgan fingerprint density at radius 1 is 0.405 bits per heavy atom. The molecule has 0 rings (SSSR count). The van der Waals surface area contributed by atoms with Gasteiger partial charge in [0.1, 0.15) is 13.2 Å². The lowest BCUT2D eigenvalue weighted by Crippen LogP contribution is -2.13. The minimum atomic E-state index is -0.180. The third-order valence-corrected chi connectivity index (χ3v) is 7.89. The fraction of sp³-hybridized carbons (Fsp3) is 0.842. The molecule has 0 saturated heterocycles. The van der Waals surface area contributed by atoms with Gasteiger partial charge in [0.15, 0.2) is 0 Å². The molecule has 0 aliphatic rings. The van der Waals surface area contributed by atoms with Gasteiger partial charge in [-0.25, -0.2) is 0 Å². The summed E-state index contributed by atoms with van der Waals surface area (Å²) in [6.07, 6.45) is 42.7. The molecular weight excluding hydrogens is 520 g/mol. The fourth-order valence-electron chi connectivity index (χ4n) is 5.14. The van der Waals surface area contributed by atoms with Crippen LogP contribution in [0.5, 0.6) is 0 Å². The van der Waals surface area contributed by atoms with Crippen molar-refractivity contribution in [1.29, 1.82) is 0 Å². The molecule has 4 nitrogen and oxygen atoms in total. The van der Waals surface area contributed by atoms with Crippen LogP contribution in [0.15, 0.2) is 24.3 Å². The molecule has 254 valence electrons. The van der Waals surface area contributed by atoms with Gasteiger partial charge in [0.2, 0.25) is 0 Å². The van der Waals surface area contributed by atoms with E-state index in [9.17, 15) is 9.59 Å². The smallest absolute Gasteiger partial charge is 0.305 e. The van der Waals surface area contributed by atoms with Crippen LogP contribution in [0.2, 0.25) is 0 Å². The highest BCUT2D eigenvalue weighted by Crippen LogP contribution is 2.12. The number of hydrogen-bond donors (Lipinski definition) is 0. The van der Waals surface area contributed by atoms with E-state index in [-0.39, 0.29) is 30.9 Å². The molecule has 0 bridgehead atoms. The summed E-state index contributed by atoms with van der Waals surface area (Å²) in [5, 5.41) is 0. The Labute approximate surface area is 267 Å². The lowest BCUT2D eigenvalue weighted by atomic mass is 10.1. The molecule has 0 aliphatic carbocycles. The molecule has 0 atom stereocenters. The topological polar surface area (TPSA) is 52.6 Å². The van der Waals surface area contributed by atoms with Crippen LogP contribution in [0.4, 0.5) is 0 Å². The SMILES string of the molecule is CCCCCCCC/C=C\CCCCCCCC(=O)OCCOC(=O)CCCCCCC/C=C\CCCCCCCC.[HH].[HH].[HH].[HH]. The van der Waals surface area contributed by atoms with E-state index in [1.54, 1.807) is 0 Å². The van der Waals surface area contributed by atoms with E-state index in [1.165, 1.54) is 141 Å². The predicted molar refractivity (Wildman–Crippen MR) is 189 cm³/mol. The first kappa shape index (κ1) is 40.4. The average Bonchev–Trinajstić information content (AvgIpc) is 2.99. The van der Waals surface area contributed by atoms with Gasteiger partial charge < -0.3 is 9.47 Å². The van der Waals surface area contributed by atoms with Gasteiger partial charge in [0.05, 0.1) is 0 Å². The van der Waals surface area contributed by atoms with E-state index in [1.807, 2.05) is 0 Å². The maximum Gasteiger partial charge on any atom is 0.305 e. The highest BCUT2D eigenvalue weighted by molar-refractivity contribution is 5.70. The number of unbranched alkanes of at least 4 members (excludes halogenated alkanes) is 22. The minimum absolute atomic E-state index is 0. The van der Waals surface area contributed by atoms with E-state index in [2.05, 4.69) is 38.2 Å². The van der Waals surface area contributed by atoms with Gasteiger partial charge in [0.25, 0.3) is 0 Å². The van der Waals surface area contributed by atoms with Crippen LogP contribution in [0.1, 0.15) is 199 Å². The third-order valence-electron chi connectivity index (χ3n) is 7.89. The largest absolute Gasteiger partial charge is 0.462 e. The Morgan fingerprint density at radius 3 is 0.976 bits per heavy atom. The second-order valence-electron chi connectivity index (χ2n) is 12.1. The summed E-state index contributed by atoms with van der Waals surface area (Å²) in [4.78, 5) is 23.7. The van der Waals surface area contributed by atoms with E-state index < -0.39 is 0 Å². The van der Waals surface area contributed by atoms with E-state index in [0.29, 0.717) is 12.8 Å². The molecule has 0 amide bonds. The summed E-state index contributed by atoms with van der Waals surface area (Å²) < 4.78 is 10.4. The Bertz CT molecular complexity index is 590. The van der Waals surface area contributed by atoms with Crippen LogP contribution in [-0.2, 0) is 19.1 Å². The summed E-state index contributed by atoms with van der Waals surface area (Å²) in [5.41, 5.74) is 0. The van der Waals surface area contributed by atoms with Crippen molar-refractivity contribution in [2.24, 2.45) is 0 Å². The van der Waals surface area contributed by atoms with Gasteiger partial charge in [0, 0.05) is 18.5 Å². The van der Waals surface area contributed by atoms with Crippen molar-refractivity contribution >= 4 is 11.9 Å². The second kappa shape index (κ2) is 35.6. The lowest BCUT2D eigenvalue weighted by Gasteiger charge is -2.07. The second-order valence-corrected chi connectivity index (χ2v) is 12.1. The van der Waals surface area contributed by atoms with Crippen molar-refractivity contribution in [2.75, 3.05) is 13.2 Å². The molecule has 0 saturated carbocycles. The summed E-state index contributed by atoms with van der Waals surface area (Å²) in [5.74, 6) is -0.359. The maximum atomic E-state index is 11.9. The first-order chi connectivity index (χ1) is 20.7. The van der Waals surface area contributed by atoms with Crippen molar-refractivity contribution in [1.82, 2.24) is 0 Å². The number of carbonyl (C=O) groups is 2. The number of allylic oxidation sites excluding steroid dienone is 4. The standard InChI is InChI=1S/C38H70O4.4H2/c1-3-5-7-9-11-13-15-17-19-21-23-25-27-29-31-33-37(39)41-35-36-42-38(40)34-32-30-28-26-24-22-20-18-16-14-12-10-8-6-4-2;;;;/h17-20H,3-16,21-36H2,1-2H3;4*1H/b19-17-,20-18-;;;;. The molecule has 0 aliphatic heterocycles. The van der Waals surface area contributed by atoms with Gasteiger partial charge in [-0.05, 0) is 64.2 Å². The Balaban J connectivity index is -0.00000140. The van der Waals surface area contributed by atoms with Crippen molar-refractivity contribution in [3.05, 3.63) is 24.3 Å². The van der Waals surface area contributed by atoms with Crippen LogP contribution < -0.4 is 0 Å². The van der Waals surface area contributed by atoms with Gasteiger partial charge in [-0.3, -0.25) is 9.59 Å². The average molecular weight is 599 g/mol. The molecule has 0 N–H and O–H groups in total. The lowest BCUT2D eigenvalue weighted by molar-refractivity contribution is -0.152. The summed E-state index contributed by atoms with van der Waals surface area (Å²) >= 11 is 0. The molecule has 0 heterocycles. The monoisotopic (exact) mass is 599 g/mol. The first-order valence-electron chi connectivity index (χ1n) is 18.3. The maximum absolute atomic E-state index is 11.9. The minimum Gasteiger partial charge on any atom is -0.462 e. The van der Waals surface area contributed by atoms with Crippen LogP contribution in [0, 0.1) is 0 Å². The molecule has 0 radical (unpaired) electrons. The molecule has 0 aromatic heterocycles. The van der Waals surface area contributed by atoms with Gasteiger partial charge in [-0.15, -0.1) is 0 Å². The van der Waals surface area contributed by atoms with Crippen molar-refractivity contribution in [3.8, 4) is 0 Å². The van der Waals surface area contributed by atoms with E-state index in [4.69, 9.17) is 9.47 Å². The Kier molecular flexibility index (Phi) is 34.3. The Morgan fingerprint density at radius 2 is 0.667 bits per heavy atom. The first-order valence-corrected chi connectivity index (χ1v) is 18.3. The molecule has 4 heteroatoms. The zero-order chi connectivity index (χ0) is 30.6. The zero-order valence-corrected chi connectivity index (χ0v) is 28.2. The highest BCUT2D eigenvalue weighted by atomic mass is 16.6. The third kappa shape index (κ3) is 34.6. The number of esters is 2. The normalized spacial score (nSPS) is 11.6. The molecule has 0 aromatic carbocycles. The van der Waals surface area contributed by atoms with Crippen molar-refractivity contribution < 1.29 is 24.8 Å². The Hall–Kier alpha value is -1.58. The molecule has 0 fully saturated rings. The summed E-state index contributed by atoms with van der Waals surface area (Å²) in [6.45, 7) is 4.87. The highest BCUT2D eigenvalue weighted by Gasteiger charge is 2.05. The van der Waals surface area contributed by atoms with Crippen LogP contribution in [0.3, 0.4) is 0 Å². The van der Waals surface area contributed by atoms with Crippen LogP contribution in [-0.4, -0.2) is 25.2 Å². The number of hydrogen-bond acceptors (Lipinski definition) is 4. The number of ether oxygens (including phenoxy) is 2. The number of rotatable bonds is 33. The quantitative estimate of drug-likeness (QED) is 0.0428. The fourth-order valence-corrected chi connectivity index (χ4v) is 5.14. The number of carbonyl (C=O) groups excluding carboxylic acids is 2. The van der Waals surface area contributed by atoms with Gasteiger partial charge in [-0.2, -0.15) is 0 Å². The molecule has 0 aromatic rings. The van der Waals surface area contributed by atoms with Gasteiger partial charge >= 0.3 is 11.9 Å². The van der Waals surface area contributed by atoms with Crippen LogP contribution in [0.25, 0.3) is 0 Å². The van der Waals surface area contributed by atoms with Gasteiger partial charge in [-0.1, -0.05) is 141 Å². The summed E-state index contributed by atoms with van der Waals surface area (Å²) in [7, 11) is 0. The molecular formula is C38H78O4.